The van der Waals surface area contributed by atoms with Crippen molar-refractivity contribution >= 4 is 35.6 Å². The third-order valence-corrected chi connectivity index (χ3v) is 2.37. The van der Waals surface area contributed by atoms with Crippen molar-refractivity contribution in [1.29, 1.82) is 0 Å². The van der Waals surface area contributed by atoms with E-state index in [2.05, 4.69) is 0 Å². The molecule has 0 saturated heterocycles. The monoisotopic (exact) mass is 264 g/mol. The Kier molecular flexibility index (Phi) is 6.18. The molecule has 0 aliphatic rings. The van der Waals surface area contributed by atoms with Gasteiger partial charge in [-0.05, 0) is 18.2 Å². The Balaban J connectivity index is 0.00000225. The average molecular weight is 265 g/mol. The summed E-state index contributed by atoms with van der Waals surface area (Å²) < 4.78 is 0. The van der Waals surface area contributed by atoms with Gasteiger partial charge in [0.1, 0.15) is 0 Å². The fourth-order valence-electron chi connectivity index (χ4n) is 1.15. The molecule has 1 aromatic rings. The van der Waals surface area contributed by atoms with Crippen LogP contribution in [-0.2, 0) is 0 Å². The van der Waals surface area contributed by atoms with Crippen LogP contribution in [0.4, 0.5) is 5.69 Å². The highest BCUT2D eigenvalue weighted by Gasteiger charge is 2.11. The van der Waals surface area contributed by atoms with Crippen molar-refractivity contribution in [2.45, 2.75) is 0 Å². The van der Waals surface area contributed by atoms with Gasteiger partial charge in [0.25, 0.3) is 5.91 Å². The zero-order valence-corrected chi connectivity index (χ0v) is 10.4. The fraction of sp³-hybridized carbons (Fsp3) is 0.300. The number of hydrogen-bond donors (Lipinski definition) is 2. The zero-order valence-electron chi connectivity index (χ0n) is 8.81. The van der Waals surface area contributed by atoms with Crippen LogP contribution in [0.25, 0.3) is 0 Å². The molecular formula is C10H14Cl2N2O2. The Morgan fingerprint density at radius 3 is 2.69 bits per heavy atom. The number of nitrogens with zero attached hydrogens (tertiary/aromatic N) is 1. The number of likely N-dealkylation sites (N-methyl/N-ethyl adjacent to an activating group) is 1. The van der Waals surface area contributed by atoms with E-state index in [4.69, 9.17) is 22.4 Å². The van der Waals surface area contributed by atoms with Gasteiger partial charge < -0.3 is 15.7 Å². The predicted molar refractivity (Wildman–Crippen MR) is 67.2 cm³/mol. The van der Waals surface area contributed by atoms with Gasteiger partial charge in [-0.3, -0.25) is 4.79 Å². The van der Waals surface area contributed by atoms with E-state index in [-0.39, 0.29) is 24.9 Å². The van der Waals surface area contributed by atoms with Gasteiger partial charge in [-0.15, -0.1) is 12.4 Å². The van der Waals surface area contributed by atoms with Crippen molar-refractivity contribution in [3.63, 3.8) is 0 Å². The van der Waals surface area contributed by atoms with E-state index in [1.165, 1.54) is 11.0 Å². The number of aliphatic hydroxyl groups is 1. The summed E-state index contributed by atoms with van der Waals surface area (Å²) in [5.41, 5.74) is 6.42. The lowest BCUT2D eigenvalue weighted by molar-refractivity contribution is 0.0767. The van der Waals surface area contributed by atoms with Gasteiger partial charge in [-0.25, -0.2) is 0 Å². The lowest BCUT2D eigenvalue weighted by Crippen LogP contribution is -2.29. The second-order valence-electron chi connectivity index (χ2n) is 3.19. The highest BCUT2D eigenvalue weighted by Crippen LogP contribution is 2.20. The smallest absolute Gasteiger partial charge is 0.253 e. The predicted octanol–water partition coefficient (Wildman–Crippen LogP) is 1.41. The van der Waals surface area contributed by atoms with Crippen molar-refractivity contribution in [2.75, 3.05) is 25.9 Å². The van der Waals surface area contributed by atoms with Crippen LogP contribution in [0.3, 0.4) is 0 Å². The first-order valence-corrected chi connectivity index (χ1v) is 4.85. The van der Waals surface area contributed by atoms with E-state index in [1.807, 2.05) is 0 Å². The van der Waals surface area contributed by atoms with Gasteiger partial charge in [0.15, 0.2) is 0 Å². The van der Waals surface area contributed by atoms with Crippen molar-refractivity contribution in [3.05, 3.63) is 28.8 Å². The Labute approximate surface area is 105 Å². The summed E-state index contributed by atoms with van der Waals surface area (Å²) in [4.78, 5) is 13.1. The van der Waals surface area contributed by atoms with Crippen LogP contribution in [-0.4, -0.2) is 36.1 Å². The first kappa shape index (κ1) is 15.0. The molecule has 3 N–H and O–H groups in total. The van der Waals surface area contributed by atoms with Gasteiger partial charge in [-0.1, -0.05) is 11.6 Å². The molecule has 0 fully saturated rings. The number of anilines is 1. The van der Waals surface area contributed by atoms with E-state index in [1.54, 1.807) is 19.2 Å². The second kappa shape index (κ2) is 6.58. The molecular weight excluding hydrogens is 251 g/mol. The molecule has 4 nitrogen and oxygen atoms in total. The molecule has 0 saturated carbocycles. The summed E-state index contributed by atoms with van der Waals surface area (Å²) in [7, 11) is 1.61. The molecule has 0 unspecified atom stereocenters. The van der Waals surface area contributed by atoms with Crippen molar-refractivity contribution < 1.29 is 9.90 Å². The summed E-state index contributed by atoms with van der Waals surface area (Å²) in [5.74, 6) is -0.188. The van der Waals surface area contributed by atoms with Crippen molar-refractivity contribution in [1.82, 2.24) is 4.90 Å². The molecule has 0 aromatic heterocycles. The highest BCUT2D eigenvalue weighted by atomic mass is 35.5. The minimum Gasteiger partial charge on any atom is -0.398 e. The van der Waals surface area contributed by atoms with Crippen molar-refractivity contribution in [3.8, 4) is 0 Å². The molecule has 90 valence electrons. The Hall–Kier alpha value is -0.970. The molecule has 0 atom stereocenters. The van der Waals surface area contributed by atoms with E-state index in [9.17, 15) is 4.79 Å². The molecule has 16 heavy (non-hydrogen) atoms. The highest BCUT2D eigenvalue weighted by molar-refractivity contribution is 6.33. The number of carbonyl (C=O) groups excluding carboxylic acids is 1. The first-order chi connectivity index (χ1) is 7.06. The Bertz CT molecular complexity index is 372. The molecule has 0 bridgehead atoms. The van der Waals surface area contributed by atoms with E-state index in [0.717, 1.165) is 0 Å². The summed E-state index contributed by atoms with van der Waals surface area (Å²) in [6.45, 7) is 0.229. The SMILES string of the molecule is CN(CCO)C(=O)c1ccc(Cl)c(N)c1.Cl. The standard InChI is InChI=1S/C10H13ClN2O2.ClH/c1-13(4-5-14)10(15)7-2-3-8(11)9(12)6-7;/h2-3,6,14H,4-5,12H2,1H3;1H. The first-order valence-electron chi connectivity index (χ1n) is 4.47. The number of nitrogens with two attached hydrogens (primary N) is 1. The Morgan fingerprint density at radius 2 is 2.19 bits per heavy atom. The van der Waals surface area contributed by atoms with E-state index >= 15 is 0 Å². The van der Waals surface area contributed by atoms with Gasteiger partial charge in [-0.2, -0.15) is 0 Å². The number of rotatable bonds is 3. The summed E-state index contributed by atoms with van der Waals surface area (Å²) >= 11 is 5.74. The van der Waals surface area contributed by atoms with Crippen LogP contribution in [0.5, 0.6) is 0 Å². The quantitative estimate of drug-likeness (QED) is 0.812. The normalized spacial score (nSPS) is 9.44. The number of hydrogen-bond acceptors (Lipinski definition) is 3. The second-order valence-corrected chi connectivity index (χ2v) is 3.59. The lowest BCUT2D eigenvalue weighted by Gasteiger charge is -2.15. The maximum absolute atomic E-state index is 11.7. The number of benzene rings is 1. The van der Waals surface area contributed by atoms with Crippen LogP contribution < -0.4 is 5.73 Å². The van der Waals surface area contributed by atoms with Crippen LogP contribution in [0.1, 0.15) is 10.4 Å². The number of carbonyl (C=O) groups is 1. The van der Waals surface area contributed by atoms with Crippen LogP contribution in [0.15, 0.2) is 18.2 Å². The fourth-order valence-corrected chi connectivity index (χ4v) is 1.27. The van der Waals surface area contributed by atoms with Crippen LogP contribution >= 0.6 is 24.0 Å². The van der Waals surface area contributed by atoms with Crippen molar-refractivity contribution in [2.24, 2.45) is 0 Å². The number of nitrogen functional groups attached to an aromatic ring is 1. The van der Waals surface area contributed by atoms with Gasteiger partial charge >= 0.3 is 0 Å². The van der Waals surface area contributed by atoms with Crippen LogP contribution in [0, 0.1) is 0 Å². The molecule has 6 heteroatoms. The maximum Gasteiger partial charge on any atom is 0.253 e. The molecule has 1 rings (SSSR count). The number of aliphatic hydroxyl groups excluding tert-OH is 1. The number of amides is 1. The molecule has 0 aliphatic carbocycles. The molecule has 1 amide bonds. The molecule has 0 radical (unpaired) electrons. The minimum absolute atomic E-state index is 0. The lowest BCUT2D eigenvalue weighted by atomic mass is 10.2. The summed E-state index contributed by atoms with van der Waals surface area (Å²) in [6.07, 6.45) is 0. The molecule has 1 aromatic carbocycles. The molecule has 0 spiro atoms. The largest absolute Gasteiger partial charge is 0.398 e. The van der Waals surface area contributed by atoms with E-state index in [0.29, 0.717) is 22.8 Å². The average Bonchev–Trinajstić information content (AvgIpc) is 2.21. The van der Waals surface area contributed by atoms with Gasteiger partial charge in [0.2, 0.25) is 0 Å². The summed E-state index contributed by atoms with van der Waals surface area (Å²) in [5, 5.41) is 9.12. The molecule has 0 aliphatic heterocycles. The maximum atomic E-state index is 11.7. The van der Waals surface area contributed by atoms with Crippen LogP contribution in [0.2, 0.25) is 5.02 Å². The topological polar surface area (TPSA) is 66.6 Å². The molecule has 0 heterocycles. The third-order valence-electron chi connectivity index (χ3n) is 2.03. The van der Waals surface area contributed by atoms with Gasteiger partial charge in [0.05, 0.1) is 17.3 Å². The number of halogens is 2. The summed E-state index contributed by atoms with van der Waals surface area (Å²) in [6, 6.07) is 4.71. The Morgan fingerprint density at radius 1 is 1.56 bits per heavy atom. The zero-order chi connectivity index (χ0) is 11.4. The van der Waals surface area contributed by atoms with E-state index < -0.39 is 0 Å². The third kappa shape index (κ3) is 3.56. The minimum atomic E-state index is -0.188. The van der Waals surface area contributed by atoms with Gasteiger partial charge in [0, 0.05) is 19.2 Å².